The van der Waals surface area contributed by atoms with Crippen LogP contribution in [0, 0.1) is 18.3 Å². The van der Waals surface area contributed by atoms with Crippen LogP contribution in [0.3, 0.4) is 0 Å². The Kier molecular flexibility index (Phi) is 2.29. The van der Waals surface area contributed by atoms with Gasteiger partial charge in [-0.2, -0.15) is 5.26 Å². The van der Waals surface area contributed by atoms with Crippen LogP contribution in [-0.4, -0.2) is 4.98 Å². The maximum atomic E-state index is 9.13. The van der Waals surface area contributed by atoms with Gasteiger partial charge in [-0.1, -0.05) is 30.3 Å². The van der Waals surface area contributed by atoms with Crippen LogP contribution in [0.5, 0.6) is 0 Å². The first-order valence-corrected chi connectivity index (χ1v) is 7.21. The molecule has 0 aliphatic rings. The second-order valence-electron chi connectivity index (χ2n) is 4.83. The number of aryl methyl sites for hydroxylation is 1. The normalized spacial score (nSPS) is 11.2. The van der Waals surface area contributed by atoms with Gasteiger partial charge in [-0.15, -0.1) is 11.3 Å². The Bertz CT molecular complexity index is 1020. The molecule has 0 aliphatic heterocycles. The van der Waals surface area contributed by atoms with E-state index in [1.54, 1.807) is 11.3 Å². The fourth-order valence-corrected chi connectivity index (χ4v) is 3.72. The summed E-state index contributed by atoms with van der Waals surface area (Å²) in [6.45, 7) is 2.04. The zero-order valence-corrected chi connectivity index (χ0v) is 11.7. The Morgan fingerprint density at radius 1 is 1.00 bits per heavy atom. The first kappa shape index (κ1) is 11.4. The summed E-state index contributed by atoms with van der Waals surface area (Å²) in [5.74, 6) is 0. The third-order valence-corrected chi connectivity index (χ3v) is 4.60. The van der Waals surface area contributed by atoms with E-state index < -0.39 is 0 Å². The van der Waals surface area contributed by atoms with Gasteiger partial charge >= 0.3 is 0 Å². The lowest BCUT2D eigenvalue weighted by molar-refractivity contribution is 1.35. The van der Waals surface area contributed by atoms with Crippen molar-refractivity contribution in [2.24, 2.45) is 0 Å². The Morgan fingerprint density at radius 2 is 1.80 bits per heavy atom. The molecule has 0 aliphatic carbocycles. The molecule has 0 bridgehead atoms. The predicted octanol–water partition coefficient (Wildman–Crippen LogP) is 4.78. The third-order valence-electron chi connectivity index (χ3n) is 3.60. The lowest BCUT2D eigenvalue weighted by atomic mass is 9.99. The van der Waals surface area contributed by atoms with Crippen molar-refractivity contribution in [1.29, 1.82) is 5.26 Å². The molecule has 0 N–H and O–H groups in total. The van der Waals surface area contributed by atoms with Gasteiger partial charge in [-0.25, -0.2) is 4.98 Å². The van der Waals surface area contributed by atoms with E-state index in [0.29, 0.717) is 5.56 Å². The first-order chi connectivity index (χ1) is 9.78. The quantitative estimate of drug-likeness (QED) is 0.432. The number of hydrogen-bond acceptors (Lipinski definition) is 3. The van der Waals surface area contributed by atoms with Crippen LogP contribution in [0.4, 0.5) is 0 Å². The lowest BCUT2D eigenvalue weighted by Crippen LogP contribution is -1.82. The number of thiazole rings is 1. The van der Waals surface area contributed by atoms with Crippen molar-refractivity contribution in [3.05, 3.63) is 53.0 Å². The summed E-state index contributed by atoms with van der Waals surface area (Å²) in [5, 5.41) is 14.8. The van der Waals surface area contributed by atoms with E-state index in [1.807, 2.05) is 37.3 Å². The van der Waals surface area contributed by atoms with Gasteiger partial charge in [0.2, 0.25) is 0 Å². The molecule has 0 spiro atoms. The number of aromatic nitrogens is 1. The average molecular weight is 274 g/mol. The van der Waals surface area contributed by atoms with Crippen molar-refractivity contribution >= 4 is 43.1 Å². The summed E-state index contributed by atoms with van der Waals surface area (Å²) in [5.41, 5.74) is 1.77. The van der Waals surface area contributed by atoms with Crippen molar-refractivity contribution in [1.82, 2.24) is 4.98 Å². The third kappa shape index (κ3) is 1.46. The predicted molar refractivity (Wildman–Crippen MR) is 84.1 cm³/mol. The molecule has 3 aromatic carbocycles. The molecule has 94 valence electrons. The number of hydrogen-bond donors (Lipinski definition) is 0. The summed E-state index contributed by atoms with van der Waals surface area (Å²) in [7, 11) is 0. The molecule has 2 nitrogen and oxygen atoms in total. The van der Waals surface area contributed by atoms with Gasteiger partial charge in [0.15, 0.2) is 0 Å². The van der Waals surface area contributed by atoms with Gasteiger partial charge in [0.25, 0.3) is 0 Å². The Balaban J connectivity index is 2.38. The summed E-state index contributed by atoms with van der Waals surface area (Å²) < 4.78 is 1.21. The van der Waals surface area contributed by atoms with Crippen molar-refractivity contribution in [3.8, 4) is 6.07 Å². The summed E-state index contributed by atoms with van der Waals surface area (Å²) in [6, 6.07) is 16.4. The van der Waals surface area contributed by atoms with Crippen LogP contribution >= 0.6 is 11.3 Å². The minimum atomic E-state index is 0.697. The van der Waals surface area contributed by atoms with Crippen LogP contribution in [0.15, 0.2) is 42.5 Å². The summed E-state index contributed by atoms with van der Waals surface area (Å²) in [6.07, 6.45) is 0. The molecule has 1 aromatic heterocycles. The van der Waals surface area contributed by atoms with Crippen molar-refractivity contribution in [2.75, 3.05) is 0 Å². The molecule has 1 heterocycles. The SMILES string of the molecule is Cc1nc2c3ccccc3c3cc(C#N)ccc3c2s1. The van der Waals surface area contributed by atoms with Crippen LogP contribution in [0.1, 0.15) is 10.6 Å². The molecule has 4 aromatic rings. The van der Waals surface area contributed by atoms with Gasteiger partial charge in [0.1, 0.15) is 0 Å². The minimum Gasteiger partial charge on any atom is -0.241 e. The lowest BCUT2D eigenvalue weighted by Gasteiger charge is -2.06. The first-order valence-electron chi connectivity index (χ1n) is 6.39. The molecule has 0 amide bonds. The average Bonchev–Trinajstić information content (AvgIpc) is 2.89. The van der Waals surface area contributed by atoms with E-state index >= 15 is 0 Å². The van der Waals surface area contributed by atoms with Gasteiger partial charge in [-0.05, 0) is 29.8 Å². The van der Waals surface area contributed by atoms with Crippen LogP contribution in [0.25, 0.3) is 31.8 Å². The fourth-order valence-electron chi connectivity index (χ4n) is 2.75. The molecule has 4 rings (SSSR count). The van der Waals surface area contributed by atoms with Crippen LogP contribution in [0.2, 0.25) is 0 Å². The highest BCUT2D eigenvalue weighted by Gasteiger charge is 2.12. The maximum Gasteiger partial charge on any atom is 0.0991 e. The van der Waals surface area contributed by atoms with Crippen molar-refractivity contribution in [3.63, 3.8) is 0 Å². The number of rotatable bonds is 0. The highest BCUT2D eigenvalue weighted by Crippen LogP contribution is 2.37. The van der Waals surface area contributed by atoms with Gasteiger partial charge in [0, 0.05) is 10.8 Å². The molecule has 0 radical (unpaired) electrons. The number of benzene rings is 3. The van der Waals surface area contributed by atoms with Gasteiger partial charge in [-0.3, -0.25) is 0 Å². The zero-order chi connectivity index (χ0) is 13.7. The summed E-state index contributed by atoms with van der Waals surface area (Å²) >= 11 is 1.72. The topological polar surface area (TPSA) is 36.7 Å². The van der Waals surface area contributed by atoms with Gasteiger partial charge < -0.3 is 0 Å². The largest absolute Gasteiger partial charge is 0.241 e. The molecule has 20 heavy (non-hydrogen) atoms. The maximum absolute atomic E-state index is 9.13. The molecular formula is C17H10N2S. The van der Waals surface area contributed by atoms with E-state index in [2.05, 4.69) is 23.2 Å². The van der Waals surface area contributed by atoms with Crippen molar-refractivity contribution in [2.45, 2.75) is 6.92 Å². The van der Waals surface area contributed by atoms with E-state index in [4.69, 9.17) is 5.26 Å². The molecule has 0 fully saturated rings. The zero-order valence-electron chi connectivity index (χ0n) is 10.8. The highest BCUT2D eigenvalue weighted by molar-refractivity contribution is 7.19. The number of fused-ring (bicyclic) bond motifs is 6. The molecule has 3 heteroatoms. The second kappa shape index (κ2) is 4.03. The molecule has 0 atom stereocenters. The minimum absolute atomic E-state index is 0.697. The monoisotopic (exact) mass is 274 g/mol. The second-order valence-corrected chi connectivity index (χ2v) is 6.03. The highest BCUT2D eigenvalue weighted by atomic mass is 32.1. The Morgan fingerprint density at radius 3 is 2.60 bits per heavy atom. The van der Waals surface area contributed by atoms with Gasteiger partial charge in [0.05, 0.1) is 26.9 Å². The fraction of sp³-hybridized carbons (Fsp3) is 0.0588. The summed E-state index contributed by atoms with van der Waals surface area (Å²) in [4.78, 5) is 4.69. The number of nitrogens with zero attached hydrogens (tertiary/aromatic N) is 2. The molecule has 0 saturated carbocycles. The van der Waals surface area contributed by atoms with E-state index in [1.165, 1.54) is 10.1 Å². The van der Waals surface area contributed by atoms with Crippen LogP contribution < -0.4 is 0 Å². The Hall–Kier alpha value is -2.44. The smallest absolute Gasteiger partial charge is 0.0991 e. The van der Waals surface area contributed by atoms with E-state index in [0.717, 1.165) is 26.7 Å². The van der Waals surface area contributed by atoms with Crippen molar-refractivity contribution < 1.29 is 0 Å². The van der Waals surface area contributed by atoms with Crippen LogP contribution in [-0.2, 0) is 0 Å². The van der Waals surface area contributed by atoms with E-state index in [9.17, 15) is 0 Å². The molecule has 0 unspecified atom stereocenters. The molecular weight excluding hydrogens is 264 g/mol. The Labute approximate surface area is 119 Å². The number of nitriles is 1. The standard InChI is InChI=1S/C17H10N2S/c1-10-19-16-13-5-3-2-4-12(13)15-8-11(9-18)6-7-14(15)17(16)20-10/h2-8H,1H3. The molecule has 0 saturated heterocycles. The van der Waals surface area contributed by atoms with E-state index in [-0.39, 0.29) is 0 Å².